The van der Waals surface area contributed by atoms with Crippen molar-refractivity contribution in [1.29, 1.82) is 0 Å². The monoisotopic (exact) mass is 617 g/mol. The molecule has 1 aliphatic carbocycles. The van der Waals surface area contributed by atoms with Crippen molar-refractivity contribution in [2.75, 3.05) is 31.4 Å². The highest BCUT2D eigenvalue weighted by Crippen LogP contribution is 2.48. The standard InChI is InChI=1S/C30H36N2O4S4/c1-7-31-24-16-22(39-36-35-5)9-11-26(24)37-28(31)14-20-13-21(19-30(3,4)18-20)15-29-32(8-2)25-17-23(40(6,33)34)10-12-27(25)38-29/h9-17,28H,7-8,18-19H2,1-6H3/p+1/b20-14-,29-15-. The maximum absolute atomic E-state index is 12.2. The molecule has 0 spiro atoms. The van der Waals surface area contributed by atoms with Crippen molar-refractivity contribution in [1.82, 2.24) is 0 Å². The largest absolute Gasteiger partial charge is 0.335 e. The molecule has 2 aromatic rings. The van der Waals surface area contributed by atoms with Crippen LogP contribution in [-0.4, -0.2) is 40.2 Å². The summed E-state index contributed by atoms with van der Waals surface area (Å²) in [6.45, 7) is 10.8. The number of nitrogens with one attached hydrogen (secondary N) is 1. The van der Waals surface area contributed by atoms with E-state index < -0.39 is 9.84 Å². The van der Waals surface area contributed by atoms with E-state index in [4.69, 9.17) is 9.22 Å². The van der Waals surface area contributed by atoms with E-state index in [1.54, 1.807) is 17.8 Å². The van der Waals surface area contributed by atoms with Gasteiger partial charge in [-0.05, 0) is 85.7 Å². The van der Waals surface area contributed by atoms with E-state index in [1.807, 2.05) is 23.9 Å². The first-order valence-corrected chi connectivity index (χ1v) is 17.8. The number of thioether (sulfide) groups is 2. The second kappa shape index (κ2) is 11.9. The van der Waals surface area contributed by atoms with Crippen molar-refractivity contribution < 1.29 is 22.5 Å². The lowest BCUT2D eigenvalue weighted by atomic mass is 9.75. The predicted molar refractivity (Wildman–Crippen MR) is 167 cm³/mol. The molecule has 2 atom stereocenters. The minimum Gasteiger partial charge on any atom is -0.335 e. The third-order valence-electron chi connectivity index (χ3n) is 7.33. The fourth-order valence-corrected chi connectivity index (χ4v) is 9.36. The summed E-state index contributed by atoms with van der Waals surface area (Å²) in [7, 11) is -1.74. The molecular formula is C30H37N2O4S4+. The molecule has 1 N–H and O–H groups in total. The Bertz CT molecular complexity index is 1500. The summed E-state index contributed by atoms with van der Waals surface area (Å²) in [6, 6.07) is 12.0. The molecule has 3 aliphatic rings. The van der Waals surface area contributed by atoms with Crippen LogP contribution in [0, 0.1) is 5.41 Å². The van der Waals surface area contributed by atoms with Crippen LogP contribution in [-0.2, 0) is 19.1 Å². The maximum Gasteiger partial charge on any atom is 0.175 e. The van der Waals surface area contributed by atoms with Crippen LogP contribution in [0.4, 0.5) is 11.4 Å². The molecule has 0 amide bonds. The van der Waals surface area contributed by atoms with Gasteiger partial charge in [0.1, 0.15) is 5.69 Å². The van der Waals surface area contributed by atoms with Gasteiger partial charge < -0.3 is 4.90 Å². The van der Waals surface area contributed by atoms with Gasteiger partial charge in [0, 0.05) is 28.7 Å². The van der Waals surface area contributed by atoms with Crippen LogP contribution in [0.15, 0.2) is 90.4 Å². The Labute approximate surface area is 251 Å². The average Bonchev–Trinajstić information content (AvgIpc) is 3.41. The molecule has 40 heavy (non-hydrogen) atoms. The van der Waals surface area contributed by atoms with Gasteiger partial charge in [0.15, 0.2) is 15.2 Å². The smallest absolute Gasteiger partial charge is 0.175 e. The van der Waals surface area contributed by atoms with Gasteiger partial charge in [0.2, 0.25) is 0 Å². The second-order valence-electron chi connectivity index (χ2n) is 11.1. The second-order valence-corrected chi connectivity index (χ2v) is 16.1. The van der Waals surface area contributed by atoms with E-state index in [-0.39, 0.29) is 5.41 Å². The van der Waals surface area contributed by atoms with Gasteiger partial charge in [-0.2, -0.15) is 4.33 Å². The lowest BCUT2D eigenvalue weighted by Gasteiger charge is -2.31. The lowest BCUT2D eigenvalue weighted by Crippen LogP contribution is -3.08. The highest BCUT2D eigenvalue weighted by atomic mass is 32.2. The fourth-order valence-electron chi connectivity index (χ4n) is 5.68. The van der Waals surface area contributed by atoms with Crippen LogP contribution in [0.25, 0.3) is 0 Å². The topological polar surface area (TPSA) is 60.3 Å². The minimum atomic E-state index is -3.26. The summed E-state index contributed by atoms with van der Waals surface area (Å²) in [5.74, 6) is 0. The molecule has 10 heteroatoms. The molecule has 2 heterocycles. The summed E-state index contributed by atoms with van der Waals surface area (Å²) >= 11 is 4.89. The molecule has 214 valence electrons. The number of hydrogen-bond donors (Lipinski definition) is 1. The first-order chi connectivity index (χ1) is 19.0. The number of sulfone groups is 1. The van der Waals surface area contributed by atoms with Gasteiger partial charge in [0.05, 0.1) is 46.2 Å². The number of fused-ring (bicyclic) bond motifs is 2. The molecule has 2 unspecified atom stereocenters. The number of quaternary nitrogens is 1. The maximum atomic E-state index is 12.2. The molecular weight excluding hydrogens is 581 g/mol. The highest BCUT2D eigenvalue weighted by Gasteiger charge is 2.35. The Balaban J connectivity index is 1.43. The van der Waals surface area contributed by atoms with Gasteiger partial charge in [-0.25, -0.2) is 13.3 Å². The minimum absolute atomic E-state index is 0.146. The molecule has 2 aromatic carbocycles. The highest BCUT2D eigenvalue weighted by molar-refractivity contribution is 8.03. The van der Waals surface area contributed by atoms with Gasteiger partial charge in [-0.15, -0.1) is 0 Å². The van der Waals surface area contributed by atoms with E-state index in [2.05, 4.69) is 69.0 Å². The number of anilines is 1. The number of benzene rings is 2. The number of hydrogen-bond acceptors (Lipinski definition) is 8. The summed E-state index contributed by atoms with van der Waals surface area (Å²) in [5, 5.41) is 1.46. The number of allylic oxidation sites excluding steroid dienone is 4. The summed E-state index contributed by atoms with van der Waals surface area (Å²) in [4.78, 5) is 12.3. The zero-order valence-electron chi connectivity index (χ0n) is 23.8. The van der Waals surface area contributed by atoms with E-state index in [0.29, 0.717) is 10.3 Å². The van der Waals surface area contributed by atoms with Crippen LogP contribution in [0.3, 0.4) is 0 Å². The predicted octanol–water partition coefficient (Wildman–Crippen LogP) is 6.79. The van der Waals surface area contributed by atoms with Crippen molar-refractivity contribution in [2.45, 2.75) is 65.5 Å². The van der Waals surface area contributed by atoms with Crippen LogP contribution >= 0.6 is 35.6 Å². The third kappa shape index (κ3) is 6.38. The Kier molecular flexibility index (Phi) is 8.88. The number of nitrogens with zero attached hydrogens (tertiary/aromatic N) is 1. The molecule has 0 aromatic heterocycles. The van der Waals surface area contributed by atoms with Gasteiger partial charge in [-0.3, -0.25) is 4.90 Å². The van der Waals surface area contributed by atoms with E-state index >= 15 is 0 Å². The zero-order chi connectivity index (χ0) is 28.7. The Hall–Kier alpha value is -1.66. The Morgan fingerprint density at radius 1 is 1.15 bits per heavy atom. The normalized spacial score (nSPS) is 23.9. The van der Waals surface area contributed by atoms with E-state index in [9.17, 15) is 8.42 Å². The summed E-state index contributed by atoms with van der Waals surface area (Å²) in [5.41, 5.74) is 5.12. The molecule has 0 fully saturated rings. The molecule has 5 rings (SSSR count). The third-order valence-corrected chi connectivity index (χ3v) is 11.5. The molecule has 2 aliphatic heterocycles. The average molecular weight is 618 g/mol. The number of likely N-dealkylation sites (N-methyl/N-ethyl adjacent to an activating group) is 1. The molecule has 0 radical (unpaired) electrons. The fraction of sp³-hybridized carbons (Fsp3) is 0.400. The first kappa shape index (κ1) is 29.8. The van der Waals surface area contributed by atoms with E-state index in [0.717, 1.165) is 46.4 Å². The van der Waals surface area contributed by atoms with Gasteiger partial charge in [-0.1, -0.05) is 43.4 Å². The molecule has 6 nitrogen and oxygen atoms in total. The van der Waals surface area contributed by atoms with Crippen LogP contribution < -0.4 is 9.80 Å². The SMILES string of the molecule is CCN1/C(=C/C2=CC(=C/C3Sc4ccc(SOOC)cc4[NH+]3CC)/CC(C)(C)C2)Sc2ccc(S(C)(=O)=O)cc21. The van der Waals surface area contributed by atoms with Crippen LogP contribution in [0.2, 0.25) is 0 Å². The Morgan fingerprint density at radius 2 is 1.93 bits per heavy atom. The summed E-state index contributed by atoms with van der Waals surface area (Å²) in [6.07, 6.45) is 10.5. The van der Waals surface area contributed by atoms with Crippen molar-refractivity contribution in [3.8, 4) is 0 Å². The van der Waals surface area contributed by atoms with Crippen molar-refractivity contribution in [2.24, 2.45) is 5.41 Å². The molecule has 0 saturated heterocycles. The van der Waals surface area contributed by atoms with Crippen molar-refractivity contribution in [3.05, 3.63) is 70.8 Å². The first-order valence-electron chi connectivity index (χ1n) is 13.5. The van der Waals surface area contributed by atoms with Crippen molar-refractivity contribution >= 4 is 56.8 Å². The van der Waals surface area contributed by atoms with Crippen molar-refractivity contribution in [3.63, 3.8) is 0 Å². The van der Waals surface area contributed by atoms with Crippen LogP contribution in [0.5, 0.6) is 0 Å². The number of rotatable bonds is 8. The Morgan fingerprint density at radius 3 is 2.62 bits per heavy atom. The molecule has 0 saturated carbocycles. The zero-order valence-corrected chi connectivity index (χ0v) is 27.1. The van der Waals surface area contributed by atoms with Crippen LogP contribution in [0.1, 0.15) is 40.5 Å². The lowest BCUT2D eigenvalue weighted by molar-refractivity contribution is -0.833. The quantitative estimate of drug-likeness (QED) is 0.197. The van der Waals surface area contributed by atoms with Gasteiger partial charge >= 0.3 is 0 Å². The van der Waals surface area contributed by atoms with E-state index in [1.165, 1.54) is 52.0 Å². The molecule has 0 bridgehead atoms. The van der Waals surface area contributed by atoms with Gasteiger partial charge in [0.25, 0.3) is 0 Å². The summed E-state index contributed by atoms with van der Waals surface area (Å²) < 4.78 is 29.4.